The molecule has 0 spiro atoms. The monoisotopic (exact) mass is 333 g/mol. The molecule has 0 amide bonds. The number of nitrogens with one attached hydrogen (secondary N) is 1. The lowest BCUT2D eigenvalue weighted by Crippen LogP contribution is -2.30. The number of hydrogen-bond donors (Lipinski definition) is 1. The largest absolute Gasteiger partial charge is 0.488 e. The number of benzene rings is 1. The summed E-state index contributed by atoms with van der Waals surface area (Å²) in [6.07, 6.45) is 1.01. The van der Waals surface area contributed by atoms with Crippen LogP contribution in [0.25, 0.3) is 0 Å². The summed E-state index contributed by atoms with van der Waals surface area (Å²) in [5.74, 6) is 0.381. The van der Waals surface area contributed by atoms with Gasteiger partial charge in [-0.25, -0.2) is 4.39 Å². The summed E-state index contributed by atoms with van der Waals surface area (Å²) in [5.41, 5.74) is 0. The molecule has 0 heterocycles. The van der Waals surface area contributed by atoms with Gasteiger partial charge in [-0.15, -0.1) is 0 Å². The molecule has 3 nitrogen and oxygen atoms in total. The lowest BCUT2D eigenvalue weighted by Gasteiger charge is -2.16. The summed E-state index contributed by atoms with van der Waals surface area (Å²) in [6.45, 7) is 7.16. The molecule has 1 rings (SSSR count). The maximum Gasteiger partial charge on any atom is 0.134 e. The molecule has 5 heteroatoms. The molecule has 0 aliphatic carbocycles. The van der Waals surface area contributed by atoms with E-state index in [0.717, 1.165) is 32.7 Å². The van der Waals surface area contributed by atoms with Crippen LogP contribution in [0.1, 0.15) is 20.3 Å². The van der Waals surface area contributed by atoms with E-state index in [9.17, 15) is 4.39 Å². The van der Waals surface area contributed by atoms with Crippen LogP contribution >= 0.6 is 15.9 Å². The highest BCUT2D eigenvalue weighted by Gasteiger charge is 2.07. The number of rotatable bonds is 9. The summed E-state index contributed by atoms with van der Waals surface area (Å²) in [6, 6.07) is 4.42. The fourth-order valence-electron chi connectivity index (χ4n) is 1.58. The Labute approximate surface area is 122 Å². The van der Waals surface area contributed by atoms with Crippen LogP contribution in [0.5, 0.6) is 5.75 Å². The molecule has 1 N–H and O–H groups in total. The molecule has 1 aromatic rings. The van der Waals surface area contributed by atoms with E-state index in [1.165, 1.54) is 12.1 Å². The lowest BCUT2D eigenvalue weighted by molar-refractivity contribution is 0.143. The second kappa shape index (κ2) is 9.28. The van der Waals surface area contributed by atoms with Crippen molar-refractivity contribution >= 4 is 15.9 Å². The van der Waals surface area contributed by atoms with Crippen molar-refractivity contribution in [3.63, 3.8) is 0 Å². The molecule has 0 saturated carbocycles. The molecule has 108 valence electrons. The second-order valence-corrected chi connectivity index (χ2v) is 5.11. The van der Waals surface area contributed by atoms with Crippen LogP contribution in [0, 0.1) is 5.82 Å². The number of ether oxygens (including phenoxy) is 2. The fraction of sp³-hybridized carbons (Fsp3) is 0.571. The Morgan fingerprint density at radius 2 is 2.21 bits per heavy atom. The van der Waals surface area contributed by atoms with Gasteiger partial charge in [0.1, 0.15) is 17.7 Å². The summed E-state index contributed by atoms with van der Waals surface area (Å²) < 4.78 is 24.5. The first-order valence-corrected chi connectivity index (χ1v) is 7.33. The van der Waals surface area contributed by atoms with Crippen LogP contribution in [0.2, 0.25) is 0 Å². The number of halogens is 2. The van der Waals surface area contributed by atoms with Gasteiger partial charge in [0.25, 0.3) is 0 Å². The van der Waals surface area contributed by atoms with Crippen LogP contribution in [-0.4, -0.2) is 32.4 Å². The SMILES string of the molecule is CCOCCCNCC(C)Oc1ccc(F)cc1Br. The van der Waals surface area contributed by atoms with Crippen LogP contribution in [0.15, 0.2) is 22.7 Å². The van der Waals surface area contributed by atoms with Gasteiger partial charge in [0.15, 0.2) is 0 Å². The van der Waals surface area contributed by atoms with Crippen LogP contribution in [0.3, 0.4) is 0 Å². The smallest absolute Gasteiger partial charge is 0.134 e. The first-order valence-electron chi connectivity index (χ1n) is 6.53. The first-order chi connectivity index (χ1) is 9.13. The molecule has 0 fully saturated rings. The minimum atomic E-state index is -0.277. The molecule has 0 aliphatic rings. The Hall–Kier alpha value is -0.650. The van der Waals surface area contributed by atoms with Crippen molar-refractivity contribution < 1.29 is 13.9 Å². The standard InChI is InChI=1S/C14H21BrFNO2/c1-3-18-8-4-7-17-10-11(2)19-14-6-5-12(16)9-13(14)15/h5-6,9,11,17H,3-4,7-8,10H2,1-2H3. The molecular weight excluding hydrogens is 313 g/mol. The van der Waals surface area contributed by atoms with Crippen LogP contribution in [0.4, 0.5) is 4.39 Å². The number of hydrogen-bond acceptors (Lipinski definition) is 3. The van der Waals surface area contributed by atoms with Gasteiger partial charge >= 0.3 is 0 Å². The Bertz CT molecular complexity index is 376. The zero-order valence-electron chi connectivity index (χ0n) is 11.4. The van der Waals surface area contributed by atoms with Crippen molar-refractivity contribution in [1.82, 2.24) is 5.32 Å². The van der Waals surface area contributed by atoms with Gasteiger partial charge in [-0.05, 0) is 60.9 Å². The normalized spacial score (nSPS) is 12.4. The second-order valence-electron chi connectivity index (χ2n) is 4.26. The molecule has 0 aromatic heterocycles. The van der Waals surface area contributed by atoms with Gasteiger partial charge in [-0.1, -0.05) is 0 Å². The van der Waals surface area contributed by atoms with Gasteiger partial charge < -0.3 is 14.8 Å². The molecule has 0 bridgehead atoms. The van der Waals surface area contributed by atoms with Crippen molar-refractivity contribution in [2.24, 2.45) is 0 Å². The third-order valence-corrected chi connectivity index (χ3v) is 3.12. The summed E-state index contributed by atoms with van der Waals surface area (Å²) in [5, 5.41) is 3.30. The van der Waals surface area contributed by atoms with Gasteiger partial charge in [-0.3, -0.25) is 0 Å². The van der Waals surface area contributed by atoms with Crippen LogP contribution in [-0.2, 0) is 4.74 Å². The van der Waals surface area contributed by atoms with Gasteiger partial charge in [0.05, 0.1) is 4.47 Å². The van der Waals surface area contributed by atoms with E-state index in [0.29, 0.717) is 10.2 Å². The Kier molecular flexibility index (Phi) is 8.02. The average Bonchev–Trinajstić information content (AvgIpc) is 2.37. The predicted octanol–water partition coefficient (Wildman–Crippen LogP) is 3.37. The molecule has 1 aromatic carbocycles. The van der Waals surface area contributed by atoms with E-state index in [2.05, 4.69) is 21.2 Å². The van der Waals surface area contributed by atoms with Crippen molar-refractivity contribution in [1.29, 1.82) is 0 Å². The molecule has 1 unspecified atom stereocenters. The van der Waals surface area contributed by atoms with E-state index in [1.54, 1.807) is 6.07 Å². The topological polar surface area (TPSA) is 30.5 Å². The van der Waals surface area contributed by atoms with Gasteiger partial charge in [0.2, 0.25) is 0 Å². The highest BCUT2D eigenvalue weighted by Crippen LogP contribution is 2.26. The summed E-state index contributed by atoms with van der Waals surface area (Å²) in [7, 11) is 0. The predicted molar refractivity (Wildman–Crippen MR) is 78.2 cm³/mol. The molecular formula is C14H21BrFNO2. The van der Waals surface area contributed by atoms with Crippen molar-refractivity contribution in [2.45, 2.75) is 26.4 Å². The highest BCUT2D eigenvalue weighted by molar-refractivity contribution is 9.10. The average molecular weight is 334 g/mol. The fourth-order valence-corrected chi connectivity index (χ4v) is 2.02. The van der Waals surface area contributed by atoms with E-state index in [-0.39, 0.29) is 11.9 Å². The van der Waals surface area contributed by atoms with E-state index in [1.807, 2.05) is 13.8 Å². The van der Waals surface area contributed by atoms with Crippen molar-refractivity contribution in [3.8, 4) is 5.75 Å². The maximum absolute atomic E-state index is 12.9. The van der Waals surface area contributed by atoms with E-state index in [4.69, 9.17) is 9.47 Å². The summed E-state index contributed by atoms with van der Waals surface area (Å²) >= 11 is 3.28. The van der Waals surface area contributed by atoms with E-state index >= 15 is 0 Å². The molecule has 0 saturated heterocycles. The molecule has 19 heavy (non-hydrogen) atoms. The minimum Gasteiger partial charge on any atom is -0.488 e. The first kappa shape index (κ1) is 16.4. The quantitative estimate of drug-likeness (QED) is 0.703. The molecule has 0 aliphatic heterocycles. The zero-order valence-corrected chi connectivity index (χ0v) is 13.0. The van der Waals surface area contributed by atoms with Crippen LogP contribution < -0.4 is 10.1 Å². The zero-order chi connectivity index (χ0) is 14.1. The minimum absolute atomic E-state index is 0.0221. The Morgan fingerprint density at radius 3 is 2.89 bits per heavy atom. The third-order valence-electron chi connectivity index (χ3n) is 2.50. The van der Waals surface area contributed by atoms with Crippen molar-refractivity contribution in [2.75, 3.05) is 26.3 Å². The summed E-state index contributed by atoms with van der Waals surface area (Å²) in [4.78, 5) is 0. The Morgan fingerprint density at radius 1 is 1.42 bits per heavy atom. The molecule has 0 radical (unpaired) electrons. The van der Waals surface area contributed by atoms with Gasteiger partial charge in [-0.2, -0.15) is 0 Å². The Balaban J connectivity index is 2.21. The van der Waals surface area contributed by atoms with E-state index < -0.39 is 0 Å². The lowest BCUT2D eigenvalue weighted by atomic mass is 10.3. The third kappa shape index (κ3) is 6.89. The molecule has 1 atom stereocenters. The van der Waals surface area contributed by atoms with Gasteiger partial charge in [0, 0.05) is 19.8 Å². The van der Waals surface area contributed by atoms with Crippen molar-refractivity contribution in [3.05, 3.63) is 28.5 Å². The maximum atomic E-state index is 12.9. The highest BCUT2D eigenvalue weighted by atomic mass is 79.9.